The molecule has 0 saturated carbocycles. The lowest BCUT2D eigenvalue weighted by molar-refractivity contribution is -0.383. The smallest absolute Gasteiger partial charge is 0.292 e. The minimum absolute atomic E-state index is 0.0367. The van der Waals surface area contributed by atoms with E-state index >= 15 is 0 Å². The van der Waals surface area contributed by atoms with Crippen molar-refractivity contribution in [2.75, 3.05) is 5.73 Å². The second kappa shape index (κ2) is 5.88. The summed E-state index contributed by atoms with van der Waals surface area (Å²) in [6.45, 7) is 3.70. The van der Waals surface area contributed by atoms with Gasteiger partial charge in [0.25, 0.3) is 11.6 Å². The van der Waals surface area contributed by atoms with Gasteiger partial charge in [-0.2, -0.15) is 0 Å². The quantitative estimate of drug-likeness (QED) is 0.512. The molecule has 0 aliphatic carbocycles. The van der Waals surface area contributed by atoms with Crippen LogP contribution < -0.4 is 11.1 Å². The molecule has 1 aromatic heterocycles. The molecule has 110 valence electrons. The Morgan fingerprint density at radius 1 is 1.52 bits per heavy atom. The summed E-state index contributed by atoms with van der Waals surface area (Å²) in [6.07, 6.45) is 0. The molecular formula is C13H14N4O3S. The van der Waals surface area contributed by atoms with Crippen LogP contribution >= 0.6 is 11.3 Å². The van der Waals surface area contributed by atoms with Crippen LogP contribution in [0.25, 0.3) is 0 Å². The van der Waals surface area contributed by atoms with Gasteiger partial charge in [-0.1, -0.05) is 0 Å². The number of thiazole rings is 1. The molecular weight excluding hydrogens is 292 g/mol. The zero-order valence-corrected chi connectivity index (χ0v) is 12.3. The minimum Gasteiger partial charge on any atom is -0.393 e. The van der Waals surface area contributed by atoms with Crippen LogP contribution in [0.5, 0.6) is 0 Å². The number of anilines is 1. The highest BCUT2D eigenvalue weighted by Gasteiger charge is 2.17. The van der Waals surface area contributed by atoms with Crippen LogP contribution in [0.15, 0.2) is 23.6 Å². The lowest BCUT2D eigenvalue weighted by Gasteiger charge is -2.11. The van der Waals surface area contributed by atoms with E-state index in [4.69, 9.17) is 5.73 Å². The van der Waals surface area contributed by atoms with E-state index in [1.807, 2.05) is 19.2 Å². The number of carbonyl (C=O) groups is 1. The summed E-state index contributed by atoms with van der Waals surface area (Å²) in [6, 6.07) is 3.66. The number of nitrogens with two attached hydrogens (primary N) is 1. The van der Waals surface area contributed by atoms with Crippen LogP contribution in [0, 0.1) is 17.0 Å². The lowest BCUT2D eigenvalue weighted by atomic mass is 10.1. The third-order valence-electron chi connectivity index (χ3n) is 2.84. The highest BCUT2D eigenvalue weighted by molar-refractivity contribution is 7.09. The molecule has 2 aromatic rings. The number of nitrogens with zero attached hydrogens (tertiary/aromatic N) is 2. The van der Waals surface area contributed by atoms with Crippen molar-refractivity contribution in [2.45, 2.75) is 19.9 Å². The second-order valence-corrected chi connectivity index (χ2v) is 5.44. The highest BCUT2D eigenvalue weighted by Crippen LogP contribution is 2.23. The fraction of sp³-hybridized carbons (Fsp3) is 0.231. The topological polar surface area (TPSA) is 111 Å². The number of carbonyl (C=O) groups excluding carboxylic acids is 1. The fourth-order valence-electron chi connectivity index (χ4n) is 1.77. The first-order chi connectivity index (χ1) is 9.88. The van der Waals surface area contributed by atoms with Crippen LogP contribution in [0.1, 0.15) is 34.0 Å². The van der Waals surface area contributed by atoms with Gasteiger partial charge < -0.3 is 11.1 Å². The molecule has 8 heteroatoms. The van der Waals surface area contributed by atoms with Gasteiger partial charge in [0.15, 0.2) is 0 Å². The van der Waals surface area contributed by atoms with E-state index in [0.29, 0.717) is 0 Å². The van der Waals surface area contributed by atoms with E-state index in [1.54, 1.807) is 0 Å². The Bertz CT molecular complexity index is 698. The molecule has 0 aliphatic rings. The molecule has 0 bridgehead atoms. The second-order valence-electron chi connectivity index (χ2n) is 4.55. The first-order valence-electron chi connectivity index (χ1n) is 6.15. The molecule has 2 rings (SSSR count). The third-order valence-corrected chi connectivity index (χ3v) is 3.99. The van der Waals surface area contributed by atoms with Gasteiger partial charge in [0.05, 0.1) is 11.0 Å². The summed E-state index contributed by atoms with van der Waals surface area (Å²) in [7, 11) is 0. The van der Waals surface area contributed by atoms with E-state index in [1.165, 1.54) is 29.5 Å². The number of rotatable bonds is 4. The maximum atomic E-state index is 12.1. The Morgan fingerprint density at radius 2 is 2.24 bits per heavy atom. The molecule has 0 spiro atoms. The molecule has 0 aliphatic heterocycles. The number of hydrogen-bond acceptors (Lipinski definition) is 6. The molecule has 1 unspecified atom stereocenters. The van der Waals surface area contributed by atoms with Gasteiger partial charge >= 0.3 is 0 Å². The van der Waals surface area contributed by atoms with Crippen molar-refractivity contribution in [3.05, 3.63) is 50.0 Å². The molecule has 3 N–H and O–H groups in total. The van der Waals surface area contributed by atoms with Gasteiger partial charge in [-0.05, 0) is 26.0 Å². The van der Waals surface area contributed by atoms with Crippen LogP contribution in [-0.4, -0.2) is 15.8 Å². The van der Waals surface area contributed by atoms with Crippen LogP contribution in [0.3, 0.4) is 0 Å². The third kappa shape index (κ3) is 3.34. The Balaban J connectivity index is 2.13. The molecule has 0 radical (unpaired) electrons. The van der Waals surface area contributed by atoms with Crippen molar-refractivity contribution in [1.29, 1.82) is 0 Å². The van der Waals surface area contributed by atoms with E-state index in [0.717, 1.165) is 10.7 Å². The lowest BCUT2D eigenvalue weighted by Crippen LogP contribution is -2.26. The number of aryl methyl sites for hydroxylation is 1. The molecule has 21 heavy (non-hydrogen) atoms. The number of nitrogen functional groups attached to an aromatic ring is 1. The average molecular weight is 306 g/mol. The summed E-state index contributed by atoms with van der Waals surface area (Å²) in [5.74, 6) is -0.350. The minimum atomic E-state index is -0.585. The monoisotopic (exact) mass is 306 g/mol. The average Bonchev–Trinajstić information content (AvgIpc) is 2.84. The number of hydrogen-bond donors (Lipinski definition) is 2. The predicted octanol–water partition coefficient (Wildman–Crippen LogP) is 2.43. The van der Waals surface area contributed by atoms with Crippen LogP contribution in [0.4, 0.5) is 11.4 Å². The van der Waals surface area contributed by atoms with Gasteiger partial charge in [-0.15, -0.1) is 11.3 Å². The SMILES string of the molecule is Cc1csc(C(C)NC(=O)c2ccc([N+](=O)[O-])c(N)c2)n1. The van der Waals surface area contributed by atoms with Crippen molar-refractivity contribution >= 4 is 28.6 Å². The molecule has 1 heterocycles. The summed E-state index contributed by atoms with van der Waals surface area (Å²) < 4.78 is 0. The van der Waals surface area contributed by atoms with Crippen molar-refractivity contribution in [1.82, 2.24) is 10.3 Å². The van der Waals surface area contributed by atoms with Crippen molar-refractivity contribution in [2.24, 2.45) is 0 Å². The summed E-state index contributed by atoms with van der Waals surface area (Å²) in [4.78, 5) is 26.5. The predicted molar refractivity (Wildman–Crippen MR) is 80.2 cm³/mol. The number of benzene rings is 1. The first kappa shape index (κ1) is 14.9. The standard InChI is InChI=1S/C13H14N4O3S/c1-7-6-21-13(15-7)8(2)16-12(18)9-3-4-11(17(19)20)10(14)5-9/h3-6,8H,14H2,1-2H3,(H,16,18). The van der Waals surface area contributed by atoms with Gasteiger partial charge in [-0.3, -0.25) is 14.9 Å². The summed E-state index contributed by atoms with van der Waals surface area (Å²) in [5, 5.41) is 16.2. The largest absolute Gasteiger partial charge is 0.393 e. The van der Waals surface area contributed by atoms with E-state index < -0.39 is 4.92 Å². The molecule has 0 saturated heterocycles. The zero-order chi connectivity index (χ0) is 15.6. The van der Waals surface area contributed by atoms with E-state index in [2.05, 4.69) is 10.3 Å². The number of nitro benzene ring substituents is 1. The number of nitrogens with one attached hydrogen (secondary N) is 1. The maximum Gasteiger partial charge on any atom is 0.292 e. The van der Waals surface area contributed by atoms with Gasteiger partial charge in [0.2, 0.25) is 0 Å². The molecule has 7 nitrogen and oxygen atoms in total. The van der Waals surface area contributed by atoms with Crippen molar-refractivity contribution in [3.8, 4) is 0 Å². The number of amides is 1. The van der Waals surface area contributed by atoms with Gasteiger partial charge in [0.1, 0.15) is 10.7 Å². The van der Waals surface area contributed by atoms with Gasteiger partial charge in [-0.25, -0.2) is 4.98 Å². The Kier molecular flexibility index (Phi) is 4.18. The molecule has 0 fully saturated rings. The number of nitro groups is 1. The van der Waals surface area contributed by atoms with Crippen LogP contribution in [0.2, 0.25) is 0 Å². The Morgan fingerprint density at radius 3 is 2.76 bits per heavy atom. The van der Waals surface area contributed by atoms with Crippen LogP contribution in [-0.2, 0) is 0 Å². The van der Waals surface area contributed by atoms with Crippen molar-refractivity contribution in [3.63, 3.8) is 0 Å². The van der Waals surface area contributed by atoms with E-state index in [-0.39, 0.29) is 28.9 Å². The maximum absolute atomic E-state index is 12.1. The van der Waals surface area contributed by atoms with Gasteiger partial charge in [0, 0.05) is 22.7 Å². The number of aromatic nitrogens is 1. The molecule has 1 amide bonds. The Hall–Kier alpha value is -2.48. The molecule has 1 atom stereocenters. The fourth-order valence-corrected chi connectivity index (χ4v) is 2.58. The molecule has 1 aromatic carbocycles. The van der Waals surface area contributed by atoms with E-state index in [9.17, 15) is 14.9 Å². The summed E-state index contributed by atoms with van der Waals surface area (Å²) >= 11 is 1.46. The first-order valence-corrected chi connectivity index (χ1v) is 7.03. The zero-order valence-electron chi connectivity index (χ0n) is 11.5. The summed E-state index contributed by atoms with van der Waals surface area (Å²) in [5.41, 5.74) is 6.50. The Labute approximate surface area is 125 Å². The van der Waals surface area contributed by atoms with Crippen molar-refractivity contribution < 1.29 is 9.72 Å². The normalized spacial score (nSPS) is 11.9. The highest BCUT2D eigenvalue weighted by atomic mass is 32.1.